The molecule has 3 heterocycles. The van der Waals surface area contributed by atoms with Crippen molar-refractivity contribution in [2.24, 2.45) is 0 Å². The number of hydrogen-bond donors (Lipinski definition) is 1. The van der Waals surface area contributed by atoms with Crippen molar-refractivity contribution >= 4 is 38.7 Å². The Morgan fingerprint density at radius 2 is 1.89 bits per heavy atom. The topological polar surface area (TPSA) is 111 Å². The number of carbonyl (C=O) groups excluding carboxylic acids is 2. The first-order valence-corrected chi connectivity index (χ1v) is 14.8. The van der Waals surface area contributed by atoms with Crippen molar-refractivity contribution in [3.63, 3.8) is 0 Å². The van der Waals surface area contributed by atoms with E-state index >= 15 is 0 Å². The molecule has 0 unspecified atom stereocenters. The number of anilines is 1. The van der Waals surface area contributed by atoms with E-state index in [2.05, 4.69) is 41.2 Å². The maximum atomic E-state index is 12.6. The Morgan fingerprint density at radius 1 is 1.19 bits per heavy atom. The van der Waals surface area contributed by atoms with Crippen LogP contribution < -0.4 is 10.2 Å². The fourth-order valence-electron chi connectivity index (χ4n) is 4.53. The summed E-state index contributed by atoms with van der Waals surface area (Å²) in [6, 6.07) is 8.21. The molecular formula is C26H32N4O5S2. The molecule has 0 bridgehead atoms. The third-order valence-corrected chi connectivity index (χ3v) is 8.34. The summed E-state index contributed by atoms with van der Waals surface area (Å²) in [7, 11) is -3.52. The Kier molecular flexibility index (Phi) is 7.86. The van der Waals surface area contributed by atoms with Crippen LogP contribution in [0, 0.1) is 13.8 Å². The van der Waals surface area contributed by atoms with Crippen LogP contribution in [0.1, 0.15) is 40.5 Å². The van der Waals surface area contributed by atoms with Crippen LogP contribution in [0.4, 0.5) is 5.69 Å². The van der Waals surface area contributed by atoms with Crippen molar-refractivity contribution < 1.29 is 22.7 Å². The van der Waals surface area contributed by atoms with E-state index in [9.17, 15) is 18.0 Å². The molecule has 0 aliphatic carbocycles. The highest BCUT2D eigenvalue weighted by atomic mass is 32.2. The highest BCUT2D eigenvalue weighted by Gasteiger charge is 2.23. The van der Waals surface area contributed by atoms with Crippen LogP contribution in [0.25, 0.3) is 11.3 Å². The van der Waals surface area contributed by atoms with E-state index in [1.807, 2.05) is 17.5 Å². The number of carbonyl (C=O) groups is 2. The fourth-order valence-corrected chi connectivity index (χ4v) is 6.29. The van der Waals surface area contributed by atoms with Crippen LogP contribution in [0.3, 0.4) is 0 Å². The van der Waals surface area contributed by atoms with Crippen LogP contribution in [0.15, 0.2) is 35.8 Å². The standard InChI is InChI=1S/C26H32N4O5S2/c1-16-12-29(13-17(2)35-16)21-8-6-7-20(9-21)24-15-36-25(28-24)10-22(31)11-27-26(32)23-14-30(37(5,33)34)19(4)18(23)3/h6-9,14-17H,10-13H2,1-5H3,(H,27,32)/t16-,17+. The van der Waals surface area contributed by atoms with Crippen molar-refractivity contribution in [3.05, 3.63) is 57.7 Å². The quantitative estimate of drug-likeness (QED) is 0.464. The van der Waals surface area contributed by atoms with Crippen LogP contribution in [-0.2, 0) is 26.0 Å². The number of nitrogens with zero attached hydrogens (tertiary/aromatic N) is 3. The van der Waals surface area contributed by atoms with Gasteiger partial charge in [0.15, 0.2) is 5.78 Å². The summed E-state index contributed by atoms with van der Waals surface area (Å²) in [5.74, 6) is -0.670. The Bertz CT molecular complexity index is 1420. The molecule has 198 valence electrons. The van der Waals surface area contributed by atoms with Crippen molar-refractivity contribution in [3.8, 4) is 11.3 Å². The van der Waals surface area contributed by atoms with Gasteiger partial charge in [-0.05, 0) is 45.4 Å². The first-order valence-electron chi connectivity index (χ1n) is 12.1. The van der Waals surface area contributed by atoms with E-state index in [4.69, 9.17) is 4.74 Å². The number of aromatic nitrogens is 2. The average molecular weight is 545 g/mol. The average Bonchev–Trinajstić information content (AvgIpc) is 3.41. The highest BCUT2D eigenvalue weighted by Crippen LogP contribution is 2.28. The lowest BCUT2D eigenvalue weighted by Gasteiger charge is -2.37. The number of benzene rings is 1. The predicted molar refractivity (Wildman–Crippen MR) is 145 cm³/mol. The Balaban J connectivity index is 1.37. The normalized spacial score (nSPS) is 18.1. The molecule has 1 aliphatic heterocycles. The molecule has 1 fully saturated rings. The molecule has 11 heteroatoms. The fraction of sp³-hybridized carbons (Fsp3) is 0.423. The summed E-state index contributed by atoms with van der Waals surface area (Å²) in [5, 5.41) is 5.21. The van der Waals surface area contributed by atoms with Gasteiger partial charge in [-0.3, -0.25) is 9.59 Å². The number of ketones is 1. The number of thiazole rings is 1. The molecule has 0 spiro atoms. The van der Waals surface area contributed by atoms with Crippen molar-refractivity contribution in [1.82, 2.24) is 14.3 Å². The van der Waals surface area contributed by atoms with Gasteiger partial charge in [0.2, 0.25) is 10.0 Å². The zero-order chi connectivity index (χ0) is 26.9. The minimum absolute atomic E-state index is 0.103. The molecule has 37 heavy (non-hydrogen) atoms. The molecule has 1 aliphatic rings. The first kappa shape index (κ1) is 27.0. The lowest BCUT2D eigenvalue weighted by atomic mass is 10.1. The van der Waals surface area contributed by atoms with Crippen molar-refractivity contribution in [1.29, 1.82) is 0 Å². The zero-order valence-corrected chi connectivity index (χ0v) is 23.3. The summed E-state index contributed by atoms with van der Waals surface area (Å²) >= 11 is 1.41. The molecule has 2 aromatic heterocycles. The molecule has 9 nitrogen and oxygen atoms in total. The molecule has 0 saturated carbocycles. The minimum atomic E-state index is -3.52. The van der Waals surface area contributed by atoms with Crippen LogP contribution in [0.5, 0.6) is 0 Å². The largest absolute Gasteiger partial charge is 0.372 e. The van der Waals surface area contributed by atoms with Crippen LogP contribution in [0.2, 0.25) is 0 Å². The SMILES string of the molecule is Cc1c(C(=O)NCC(=O)Cc2nc(-c3cccc(N4C[C@@H](C)O[C@@H](C)C4)c3)cs2)cn(S(C)(=O)=O)c1C. The van der Waals surface area contributed by atoms with Crippen LogP contribution >= 0.6 is 11.3 Å². The molecule has 1 aromatic carbocycles. The molecule has 4 rings (SSSR count). The van der Waals surface area contributed by atoms with Crippen molar-refractivity contribution in [2.45, 2.75) is 46.3 Å². The van der Waals surface area contributed by atoms with Gasteiger partial charge in [0.25, 0.3) is 5.91 Å². The van der Waals surface area contributed by atoms with E-state index in [1.165, 1.54) is 17.5 Å². The van der Waals surface area contributed by atoms with Crippen molar-refractivity contribution in [2.75, 3.05) is 30.8 Å². The van der Waals surface area contributed by atoms with Gasteiger partial charge in [0, 0.05) is 41.6 Å². The molecule has 1 amide bonds. The second-order valence-corrected chi connectivity index (χ2v) is 12.4. The number of rotatable bonds is 8. The third kappa shape index (κ3) is 6.28. The molecular weight excluding hydrogens is 512 g/mol. The maximum absolute atomic E-state index is 12.6. The number of amides is 1. The highest BCUT2D eigenvalue weighted by molar-refractivity contribution is 7.89. The third-order valence-electron chi connectivity index (χ3n) is 6.40. The van der Waals surface area contributed by atoms with E-state index in [1.54, 1.807) is 13.8 Å². The Labute approximate surface area is 221 Å². The summed E-state index contributed by atoms with van der Waals surface area (Å²) in [5.41, 5.74) is 4.16. The van der Waals surface area contributed by atoms with Gasteiger partial charge in [-0.25, -0.2) is 17.4 Å². The van der Waals surface area contributed by atoms with E-state index in [-0.39, 0.29) is 36.5 Å². The molecule has 0 radical (unpaired) electrons. The van der Waals surface area contributed by atoms with Gasteiger partial charge in [-0.2, -0.15) is 0 Å². The first-order chi connectivity index (χ1) is 17.4. The molecule has 1 N–H and O–H groups in total. The number of hydrogen-bond acceptors (Lipinski definition) is 8. The van der Waals surface area contributed by atoms with Gasteiger partial charge < -0.3 is 15.0 Å². The van der Waals surface area contributed by atoms with E-state index in [0.29, 0.717) is 16.3 Å². The second-order valence-electron chi connectivity index (χ2n) is 9.55. The lowest BCUT2D eigenvalue weighted by molar-refractivity contribution is -0.117. The van der Waals surface area contributed by atoms with Gasteiger partial charge in [0.1, 0.15) is 5.01 Å². The minimum Gasteiger partial charge on any atom is -0.372 e. The second kappa shape index (κ2) is 10.8. The lowest BCUT2D eigenvalue weighted by Crippen LogP contribution is -2.45. The van der Waals surface area contributed by atoms with E-state index < -0.39 is 15.9 Å². The van der Waals surface area contributed by atoms with Crippen LogP contribution in [-0.4, -0.2) is 67.2 Å². The zero-order valence-electron chi connectivity index (χ0n) is 21.6. The summed E-state index contributed by atoms with van der Waals surface area (Å²) < 4.78 is 30.7. The smallest absolute Gasteiger partial charge is 0.253 e. The van der Waals surface area contributed by atoms with Gasteiger partial charge in [-0.15, -0.1) is 11.3 Å². The Hall–Kier alpha value is -3.02. The summed E-state index contributed by atoms with van der Waals surface area (Å²) in [4.78, 5) is 32.1. The molecule has 3 aromatic rings. The number of ether oxygens (including phenoxy) is 1. The van der Waals surface area contributed by atoms with Gasteiger partial charge in [0.05, 0.1) is 42.7 Å². The van der Waals surface area contributed by atoms with Gasteiger partial charge in [-0.1, -0.05) is 12.1 Å². The predicted octanol–water partition coefficient (Wildman–Crippen LogP) is 3.19. The summed E-state index contributed by atoms with van der Waals surface area (Å²) in [6.07, 6.45) is 2.80. The molecule has 1 saturated heterocycles. The number of nitrogens with one attached hydrogen (secondary N) is 1. The Morgan fingerprint density at radius 3 is 2.54 bits per heavy atom. The monoisotopic (exact) mass is 544 g/mol. The van der Waals surface area contributed by atoms with E-state index in [0.717, 1.165) is 40.3 Å². The van der Waals surface area contributed by atoms with Gasteiger partial charge >= 0.3 is 0 Å². The number of morpholine rings is 1. The number of Topliss-reactive ketones (excluding diaryl/α,β-unsaturated/α-hetero) is 1. The maximum Gasteiger partial charge on any atom is 0.253 e. The molecule has 2 atom stereocenters. The summed E-state index contributed by atoms with van der Waals surface area (Å²) in [6.45, 7) is 8.96.